The van der Waals surface area contributed by atoms with Crippen LogP contribution in [0, 0.1) is 6.92 Å². The lowest BCUT2D eigenvalue weighted by Gasteiger charge is -2.11. The number of benzene rings is 2. The summed E-state index contributed by atoms with van der Waals surface area (Å²) in [5.41, 5.74) is 1.56. The summed E-state index contributed by atoms with van der Waals surface area (Å²) in [6.07, 6.45) is -3.02. The van der Waals surface area contributed by atoms with Gasteiger partial charge in [-0.2, -0.15) is 13.2 Å². The quantitative estimate of drug-likeness (QED) is 0.284. The van der Waals surface area contributed by atoms with Crippen LogP contribution < -0.4 is 9.47 Å². The van der Waals surface area contributed by atoms with E-state index in [1.165, 1.54) is 25.3 Å². The van der Waals surface area contributed by atoms with Crippen LogP contribution in [0.15, 0.2) is 53.0 Å². The number of ether oxygens (including phenoxy) is 3. The largest absolute Gasteiger partial charge is 0.497 e. The predicted octanol–water partition coefficient (Wildman–Crippen LogP) is 6.22. The molecule has 9 heteroatoms. The molecule has 0 radical (unpaired) electrons. The molecule has 1 heterocycles. The first kappa shape index (κ1) is 24.9. The van der Waals surface area contributed by atoms with Crippen molar-refractivity contribution in [3.8, 4) is 23.0 Å². The number of rotatable bonds is 8. The molecule has 0 bridgehead atoms. The highest BCUT2D eigenvalue weighted by Gasteiger charge is 2.30. The second-order valence-corrected chi connectivity index (χ2v) is 7.36. The molecule has 0 amide bonds. The Labute approximate surface area is 195 Å². The van der Waals surface area contributed by atoms with Crippen LogP contribution in [0.25, 0.3) is 17.0 Å². The number of esters is 1. The van der Waals surface area contributed by atoms with Crippen molar-refractivity contribution in [3.63, 3.8) is 0 Å². The third-order valence-corrected chi connectivity index (χ3v) is 4.92. The molecule has 0 saturated carbocycles. The Kier molecular flexibility index (Phi) is 7.65. The number of aryl methyl sites for hydroxylation is 1. The molecular weight excluding hydrogens is 451 g/mol. The maximum atomic E-state index is 12.8. The maximum Gasteiger partial charge on any atom is 0.416 e. The zero-order valence-corrected chi connectivity index (χ0v) is 19.2. The number of hydrogen-bond donors (Lipinski definition) is 0. The summed E-state index contributed by atoms with van der Waals surface area (Å²) in [4.78, 5) is 16.1. The second-order valence-electron chi connectivity index (χ2n) is 7.36. The topological polar surface area (TPSA) is 70.8 Å². The molecule has 0 saturated heterocycles. The van der Waals surface area contributed by atoms with Gasteiger partial charge in [-0.05, 0) is 68.3 Å². The predicted molar refractivity (Wildman–Crippen MR) is 119 cm³/mol. The first-order valence-electron chi connectivity index (χ1n) is 10.4. The van der Waals surface area contributed by atoms with Crippen molar-refractivity contribution >= 4 is 11.5 Å². The molecule has 0 aliphatic rings. The van der Waals surface area contributed by atoms with E-state index in [9.17, 15) is 18.0 Å². The average molecular weight is 475 g/mol. The van der Waals surface area contributed by atoms with Crippen molar-refractivity contribution in [2.24, 2.45) is 0 Å². The number of alkyl halides is 3. The summed E-state index contributed by atoms with van der Waals surface area (Å²) in [5.74, 6) is 1.25. The number of halogens is 3. The average Bonchev–Trinajstić information content (AvgIpc) is 3.17. The van der Waals surface area contributed by atoms with Gasteiger partial charge < -0.3 is 18.6 Å². The summed E-state index contributed by atoms with van der Waals surface area (Å²) >= 11 is 0. The van der Waals surface area contributed by atoms with Gasteiger partial charge in [0.1, 0.15) is 29.6 Å². The Bertz CT molecular complexity index is 1180. The van der Waals surface area contributed by atoms with E-state index in [2.05, 4.69) is 4.98 Å². The molecule has 0 unspecified atom stereocenters. The Morgan fingerprint density at radius 1 is 1.12 bits per heavy atom. The van der Waals surface area contributed by atoms with E-state index in [1.54, 1.807) is 39.0 Å². The molecule has 0 N–H and O–H groups in total. The fourth-order valence-corrected chi connectivity index (χ4v) is 3.08. The van der Waals surface area contributed by atoms with Gasteiger partial charge in [0.15, 0.2) is 0 Å². The molecule has 3 rings (SSSR count). The van der Waals surface area contributed by atoms with Gasteiger partial charge in [-0.3, -0.25) is 0 Å². The number of methoxy groups -OCH3 is 1. The minimum atomic E-state index is -4.41. The summed E-state index contributed by atoms with van der Waals surface area (Å²) < 4.78 is 60.2. The zero-order chi connectivity index (χ0) is 24.9. The molecule has 0 aliphatic carbocycles. The molecule has 0 aliphatic heterocycles. The van der Waals surface area contributed by atoms with Gasteiger partial charge in [0.2, 0.25) is 5.89 Å². The van der Waals surface area contributed by atoms with Gasteiger partial charge in [0.25, 0.3) is 0 Å². The zero-order valence-electron chi connectivity index (χ0n) is 19.2. The lowest BCUT2D eigenvalue weighted by Crippen LogP contribution is -2.04. The lowest BCUT2D eigenvalue weighted by atomic mass is 10.1. The van der Waals surface area contributed by atoms with Crippen LogP contribution in [0.2, 0.25) is 0 Å². The van der Waals surface area contributed by atoms with Crippen molar-refractivity contribution in [1.82, 2.24) is 4.98 Å². The fraction of sp³-hybridized carbons (Fsp3) is 0.280. The van der Waals surface area contributed by atoms with Crippen LogP contribution in [-0.4, -0.2) is 24.7 Å². The number of hydrogen-bond acceptors (Lipinski definition) is 6. The number of allylic oxidation sites excluding steroid dienone is 1. The van der Waals surface area contributed by atoms with Gasteiger partial charge in [0.05, 0.1) is 19.3 Å². The second kappa shape index (κ2) is 10.5. The number of oxazole rings is 1. The maximum absolute atomic E-state index is 12.8. The minimum Gasteiger partial charge on any atom is -0.497 e. The van der Waals surface area contributed by atoms with Crippen molar-refractivity contribution in [1.29, 1.82) is 0 Å². The summed E-state index contributed by atoms with van der Waals surface area (Å²) in [7, 11) is 1.52. The molecule has 3 aromatic rings. The van der Waals surface area contributed by atoms with Gasteiger partial charge in [-0.25, -0.2) is 9.78 Å². The molecule has 0 spiro atoms. The van der Waals surface area contributed by atoms with Crippen LogP contribution >= 0.6 is 0 Å². The Morgan fingerprint density at radius 2 is 1.79 bits per heavy atom. The fourth-order valence-electron chi connectivity index (χ4n) is 3.08. The number of carbonyl (C=O) groups is 1. The molecule has 0 fully saturated rings. The van der Waals surface area contributed by atoms with Crippen LogP contribution in [-0.2, 0) is 22.3 Å². The van der Waals surface area contributed by atoms with E-state index >= 15 is 0 Å². The highest BCUT2D eigenvalue weighted by Crippen LogP contribution is 2.32. The van der Waals surface area contributed by atoms with E-state index in [0.29, 0.717) is 39.7 Å². The molecule has 0 atom stereocenters. The normalized spacial score (nSPS) is 11.9. The Morgan fingerprint density at radius 3 is 2.41 bits per heavy atom. The highest BCUT2D eigenvalue weighted by atomic mass is 19.4. The van der Waals surface area contributed by atoms with Gasteiger partial charge in [0, 0.05) is 17.7 Å². The molecule has 34 heavy (non-hydrogen) atoms. The summed E-state index contributed by atoms with van der Waals surface area (Å²) in [6.45, 7) is 5.54. The van der Waals surface area contributed by atoms with Crippen LogP contribution in [0.3, 0.4) is 0 Å². The van der Waals surface area contributed by atoms with E-state index < -0.39 is 17.7 Å². The first-order valence-corrected chi connectivity index (χ1v) is 10.4. The SMILES string of the molecule is CCOC(=O)/C=C(\C)c1cc(OC)cc(OCc2nc(-c3ccc(C(F)(F)F)cc3)oc2C)c1. The van der Waals surface area contributed by atoms with E-state index in [4.69, 9.17) is 18.6 Å². The Balaban J connectivity index is 1.78. The Hall–Kier alpha value is -3.75. The number of aromatic nitrogens is 1. The summed E-state index contributed by atoms with van der Waals surface area (Å²) in [6, 6.07) is 9.79. The van der Waals surface area contributed by atoms with E-state index in [1.807, 2.05) is 0 Å². The van der Waals surface area contributed by atoms with Gasteiger partial charge >= 0.3 is 12.1 Å². The lowest BCUT2D eigenvalue weighted by molar-refractivity contribution is -0.138. The third-order valence-electron chi connectivity index (χ3n) is 4.92. The molecule has 1 aromatic heterocycles. The molecule has 180 valence electrons. The van der Waals surface area contributed by atoms with E-state index in [-0.39, 0.29) is 19.1 Å². The monoisotopic (exact) mass is 475 g/mol. The van der Waals surface area contributed by atoms with Gasteiger partial charge in [-0.1, -0.05) is 0 Å². The van der Waals surface area contributed by atoms with Crippen LogP contribution in [0.5, 0.6) is 11.5 Å². The molecule has 6 nitrogen and oxygen atoms in total. The highest BCUT2D eigenvalue weighted by molar-refractivity contribution is 5.91. The van der Waals surface area contributed by atoms with Crippen molar-refractivity contribution in [2.45, 2.75) is 33.6 Å². The molecular formula is C25H24F3NO5. The summed E-state index contributed by atoms with van der Waals surface area (Å²) in [5, 5.41) is 0. The standard InChI is InChI=1S/C25H24F3NO5/c1-5-32-23(30)10-15(2)18-11-20(31-4)13-21(12-18)33-14-22-16(3)34-24(29-22)17-6-8-19(9-7-17)25(26,27)28/h6-13H,5,14H2,1-4H3/b15-10+. The van der Waals surface area contributed by atoms with Crippen molar-refractivity contribution in [3.05, 3.63) is 71.1 Å². The van der Waals surface area contributed by atoms with Crippen LogP contribution in [0.1, 0.15) is 36.4 Å². The smallest absolute Gasteiger partial charge is 0.416 e. The minimum absolute atomic E-state index is 0.0587. The van der Waals surface area contributed by atoms with E-state index in [0.717, 1.165) is 12.1 Å². The number of nitrogens with zero attached hydrogens (tertiary/aromatic N) is 1. The van der Waals surface area contributed by atoms with Crippen molar-refractivity contribution in [2.75, 3.05) is 13.7 Å². The third kappa shape index (κ3) is 6.18. The molecule has 2 aromatic carbocycles. The first-order chi connectivity index (χ1) is 16.1. The van der Waals surface area contributed by atoms with Crippen LogP contribution in [0.4, 0.5) is 13.2 Å². The number of carbonyl (C=O) groups excluding carboxylic acids is 1. The van der Waals surface area contributed by atoms with Crippen molar-refractivity contribution < 1.29 is 36.6 Å². The van der Waals surface area contributed by atoms with Gasteiger partial charge in [-0.15, -0.1) is 0 Å².